The molecule has 1 aliphatic carbocycles. The Morgan fingerprint density at radius 1 is 0.744 bits per heavy atom. The number of carbonyl (C=O) groups is 1. The summed E-state index contributed by atoms with van der Waals surface area (Å²) in [5.41, 5.74) is 3.12. The molecule has 1 saturated carbocycles. The number of carbonyl (C=O) groups excluding carboxylic acids is 1. The summed E-state index contributed by atoms with van der Waals surface area (Å²) < 4.78 is 25.1. The maximum absolute atomic E-state index is 13.3. The lowest BCUT2D eigenvalue weighted by Crippen LogP contribution is -2.46. The zero-order chi connectivity index (χ0) is 27.1. The van der Waals surface area contributed by atoms with Gasteiger partial charge < -0.3 is 18.9 Å². The maximum atomic E-state index is 13.3. The van der Waals surface area contributed by atoms with Crippen molar-refractivity contribution < 1.29 is 23.7 Å². The highest BCUT2D eigenvalue weighted by atomic mass is 16.6. The number of hydrogen-bond acceptors (Lipinski definition) is 5. The molecule has 0 aromatic heterocycles. The highest BCUT2D eigenvalue weighted by molar-refractivity contribution is 5.72. The van der Waals surface area contributed by atoms with E-state index in [0.717, 1.165) is 42.4 Å². The normalized spacial score (nSPS) is 16.2. The first-order chi connectivity index (χ1) is 19.2. The average molecular weight is 529 g/mol. The smallest absolute Gasteiger partial charge is 0.309 e. The predicted octanol–water partition coefficient (Wildman–Crippen LogP) is 7.05. The van der Waals surface area contributed by atoms with Gasteiger partial charge in [-0.05, 0) is 29.5 Å². The van der Waals surface area contributed by atoms with Crippen molar-refractivity contribution in [2.24, 2.45) is 5.92 Å². The highest BCUT2D eigenvalue weighted by Gasteiger charge is 2.35. The third-order valence-electron chi connectivity index (χ3n) is 7.09. The summed E-state index contributed by atoms with van der Waals surface area (Å²) in [5, 5.41) is 0. The fourth-order valence-electron chi connectivity index (χ4n) is 4.89. The summed E-state index contributed by atoms with van der Waals surface area (Å²) in [6.45, 7) is 5.37. The van der Waals surface area contributed by atoms with Gasteiger partial charge in [0.1, 0.15) is 12.2 Å². The van der Waals surface area contributed by atoms with E-state index in [1.807, 2.05) is 91.0 Å². The van der Waals surface area contributed by atoms with Crippen LogP contribution < -0.4 is 0 Å². The maximum Gasteiger partial charge on any atom is 0.309 e. The van der Waals surface area contributed by atoms with Gasteiger partial charge in [-0.25, -0.2) is 0 Å². The van der Waals surface area contributed by atoms with Crippen LogP contribution in [0.5, 0.6) is 0 Å². The standard InChI is InChI=1S/C34H40O5/c1-2-31(37-24-28-17-9-4-10-18-28)33(38-25-29-19-11-5-12-20-29)32(26-36-23-27-15-7-3-8-16-27)39-34(35)30-21-13-6-14-22-30/h2-5,7-12,15-20,30-33H,1,6,13-14,21-26H2/t31-,32-,33+/m1/s1. The molecule has 5 nitrogen and oxygen atoms in total. The summed E-state index contributed by atoms with van der Waals surface area (Å²) in [4.78, 5) is 13.3. The molecular formula is C34H40O5. The van der Waals surface area contributed by atoms with Crippen molar-refractivity contribution in [3.05, 3.63) is 120 Å². The third kappa shape index (κ3) is 9.47. The van der Waals surface area contributed by atoms with Crippen molar-refractivity contribution in [3.63, 3.8) is 0 Å². The van der Waals surface area contributed by atoms with Crippen LogP contribution in [-0.4, -0.2) is 30.9 Å². The van der Waals surface area contributed by atoms with Crippen molar-refractivity contribution in [2.75, 3.05) is 6.61 Å². The summed E-state index contributed by atoms with van der Waals surface area (Å²) in [6.07, 6.45) is 4.96. The molecule has 206 valence electrons. The lowest BCUT2D eigenvalue weighted by Gasteiger charge is -2.33. The molecule has 0 N–H and O–H groups in total. The minimum atomic E-state index is -0.661. The molecule has 0 radical (unpaired) electrons. The van der Waals surface area contributed by atoms with Crippen molar-refractivity contribution in [1.82, 2.24) is 0 Å². The Morgan fingerprint density at radius 2 is 1.26 bits per heavy atom. The Bertz CT molecular complexity index is 1100. The molecule has 1 aliphatic rings. The van der Waals surface area contributed by atoms with E-state index in [1.54, 1.807) is 6.08 Å². The first-order valence-corrected chi connectivity index (χ1v) is 14.0. The molecule has 0 unspecified atom stereocenters. The average Bonchev–Trinajstić information content (AvgIpc) is 3.00. The Kier molecular flexibility index (Phi) is 11.8. The fraction of sp³-hybridized carbons (Fsp3) is 0.382. The summed E-state index contributed by atoms with van der Waals surface area (Å²) in [5.74, 6) is -0.264. The lowest BCUT2D eigenvalue weighted by molar-refractivity contribution is -0.181. The molecule has 3 aromatic rings. The van der Waals surface area contributed by atoms with Gasteiger partial charge in [0.2, 0.25) is 0 Å². The van der Waals surface area contributed by atoms with Gasteiger partial charge in [0.25, 0.3) is 0 Å². The van der Waals surface area contributed by atoms with E-state index in [4.69, 9.17) is 18.9 Å². The van der Waals surface area contributed by atoms with Crippen molar-refractivity contribution >= 4 is 5.97 Å². The van der Waals surface area contributed by atoms with E-state index < -0.39 is 18.3 Å². The molecule has 0 amide bonds. The van der Waals surface area contributed by atoms with Gasteiger partial charge in [-0.2, -0.15) is 0 Å². The van der Waals surface area contributed by atoms with Crippen LogP contribution in [0.1, 0.15) is 48.8 Å². The molecule has 0 spiro atoms. The fourth-order valence-corrected chi connectivity index (χ4v) is 4.89. The van der Waals surface area contributed by atoms with E-state index in [2.05, 4.69) is 6.58 Å². The molecule has 3 atom stereocenters. The molecule has 1 fully saturated rings. The number of hydrogen-bond donors (Lipinski definition) is 0. The van der Waals surface area contributed by atoms with Crippen LogP contribution in [0, 0.1) is 5.92 Å². The topological polar surface area (TPSA) is 54.0 Å². The molecule has 5 heteroatoms. The molecule has 39 heavy (non-hydrogen) atoms. The molecule has 4 rings (SSSR count). The summed E-state index contributed by atoms with van der Waals surface area (Å²) in [7, 11) is 0. The van der Waals surface area contributed by atoms with E-state index in [0.29, 0.717) is 19.8 Å². The Labute approximate surface area is 232 Å². The Balaban J connectivity index is 1.53. The number of rotatable bonds is 15. The van der Waals surface area contributed by atoms with Gasteiger partial charge >= 0.3 is 5.97 Å². The zero-order valence-corrected chi connectivity index (χ0v) is 22.7. The van der Waals surface area contributed by atoms with Gasteiger partial charge in [-0.1, -0.05) is 116 Å². The molecule has 0 saturated heterocycles. The van der Waals surface area contributed by atoms with Gasteiger partial charge in [0.15, 0.2) is 6.10 Å². The van der Waals surface area contributed by atoms with Crippen LogP contribution in [0.3, 0.4) is 0 Å². The van der Waals surface area contributed by atoms with Crippen LogP contribution in [0.15, 0.2) is 104 Å². The predicted molar refractivity (Wildman–Crippen MR) is 153 cm³/mol. The van der Waals surface area contributed by atoms with Crippen molar-refractivity contribution in [1.29, 1.82) is 0 Å². The minimum absolute atomic E-state index is 0.0856. The summed E-state index contributed by atoms with van der Waals surface area (Å²) >= 11 is 0. The SMILES string of the molecule is C=C[C@@H](OCc1ccccc1)[C@H](OCc1ccccc1)[C@@H](COCc1ccccc1)OC(=O)C1CCCCC1. The molecule has 0 aliphatic heterocycles. The van der Waals surface area contributed by atoms with Crippen LogP contribution in [0.4, 0.5) is 0 Å². The van der Waals surface area contributed by atoms with E-state index in [9.17, 15) is 4.79 Å². The molecule has 3 aromatic carbocycles. The van der Waals surface area contributed by atoms with Crippen LogP contribution in [0.2, 0.25) is 0 Å². The van der Waals surface area contributed by atoms with E-state index >= 15 is 0 Å². The monoisotopic (exact) mass is 528 g/mol. The van der Waals surface area contributed by atoms with Gasteiger partial charge in [-0.3, -0.25) is 4.79 Å². The Morgan fingerprint density at radius 3 is 1.79 bits per heavy atom. The van der Waals surface area contributed by atoms with Gasteiger partial charge in [0, 0.05) is 0 Å². The lowest BCUT2D eigenvalue weighted by atomic mass is 9.89. The van der Waals surface area contributed by atoms with E-state index in [-0.39, 0.29) is 18.5 Å². The largest absolute Gasteiger partial charge is 0.457 e. The zero-order valence-electron chi connectivity index (χ0n) is 22.7. The number of benzene rings is 3. The van der Waals surface area contributed by atoms with Crippen molar-refractivity contribution in [2.45, 2.75) is 70.2 Å². The van der Waals surface area contributed by atoms with Crippen LogP contribution in [0.25, 0.3) is 0 Å². The van der Waals surface area contributed by atoms with E-state index in [1.165, 1.54) is 6.42 Å². The summed E-state index contributed by atoms with van der Waals surface area (Å²) in [6, 6.07) is 29.9. The molecule has 0 bridgehead atoms. The minimum Gasteiger partial charge on any atom is -0.457 e. The first-order valence-electron chi connectivity index (χ1n) is 14.0. The van der Waals surface area contributed by atoms with Gasteiger partial charge in [0.05, 0.1) is 32.3 Å². The molecular weight excluding hydrogens is 488 g/mol. The van der Waals surface area contributed by atoms with Crippen LogP contribution in [-0.2, 0) is 43.6 Å². The van der Waals surface area contributed by atoms with Crippen LogP contribution >= 0.6 is 0 Å². The quantitative estimate of drug-likeness (QED) is 0.156. The number of ether oxygens (including phenoxy) is 4. The first kappa shape index (κ1) is 28.8. The van der Waals surface area contributed by atoms with Gasteiger partial charge in [-0.15, -0.1) is 6.58 Å². The Hall–Kier alpha value is -3.25. The van der Waals surface area contributed by atoms with Crippen molar-refractivity contribution in [3.8, 4) is 0 Å². The second-order valence-corrected chi connectivity index (χ2v) is 10.1. The number of esters is 1. The molecule has 0 heterocycles. The highest BCUT2D eigenvalue weighted by Crippen LogP contribution is 2.27. The second-order valence-electron chi connectivity index (χ2n) is 10.1. The third-order valence-corrected chi connectivity index (χ3v) is 7.09. The second kappa shape index (κ2) is 16.0.